The van der Waals surface area contributed by atoms with Gasteiger partial charge in [0, 0.05) is 5.56 Å². The van der Waals surface area contributed by atoms with E-state index in [4.69, 9.17) is 5.73 Å². The van der Waals surface area contributed by atoms with Crippen LogP contribution in [0, 0.1) is 13.8 Å². The topological polar surface area (TPSA) is 43.8 Å². The molecule has 0 unspecified atom stereocenters. The van der Waals surface area contributed by atoms with Crippen molar-refractivity contribution in [3.8, 4) is 5.69 Å². The first-order valence-corrected chi connectivity index (χ1v) is 6.28. The van der Waals surface area contributed by atoms with Gasteiger partial charge >= 0.3 is 6.18 Å². The van der Waals surface area contributed by atoms with E-state index < -0.39 is 11.9 Å². The predicted molar refractivity (Wildman–Crippen MR) is 70.8 cm³/mol. The molecular formula is C14H16F3N3. The Morgan fingerprint density at radius 2 is 1.85 bits per heavy atom. The standard InChI is InChI=1S/C14H16F3N3/c1-9-5-3-4-6-12(9)20-13(14(15,16)17)11(7-8-18)10(2)19-20/h3-6H,7-8,18H2,1-2H3. The summed E-state index contributed by atoms with van der Waals surface area (Å²) in [5.41, 5.74) is 6.40. The number of aromatic nitrogens is 2. The van der Waals surface area contributed by atoms with E-state index in [1.807, 2.05) is 0 Å². The van der Waals surface area contributed by atoms with Gasteiger partial charge in [-0.2, -0.15) is 18.3 Å². The third-order valence-electron chi connectivity index (χ3n) is 3.19. The second-order valence-corrected chi connectivity index (χ2v) is 4.65. The van der Waals surface area contributed by atoms with E-state index in [1.54, 1.807) is 38.1 Å². The molecular weight excluding hydrogens is 267 g/mol. The van der Waals surface area contributed by atoms with Gasteiger partial charge in [-0.3, -0.25) is 0 Å². The fourth-order valence-corrected chi connectivity index (χ4v) is 2.27. The second-order valence-electron chi connectivity index (χ2n) is 4.65. The van der Waals surface area contributed by atoms with Crippen molar-refractivity contribution in [3.05, 3.63) is 46.8 Å². The number of halogens is 3. The molecule has 0 aliphatic rings. The Morgan fingerprint density at radius 3 is 2.40 bits per heavy atom. The van der Waals surface area contributed by atoms with Crippen molar-refractivity contribution in [3.63, 3.8) is 0 Å². The number of para-hydroxylation sites is 1. The molecule has 6 heteroatoms. The maximum atomic E-state index is 13.4. The lowest BCUT2D eigenvalue weighted by molar-refractivity contribution is -0.143. The molecule has 2 aromatic rings. The zero-order valence-electron chi connectivity index (χ0n) is 11.3. The van der Waals surface area contributed by atoms with Crippen molar-refractivity contribution >= 4 is 0 Å². The highest BCUT2D eigenvalue weighted by atomic mass is 19.4. The van der Waals surface area contributed by atoms with E-state index in [-0.39, 0.29) is 18.5 Å². The van der Waals surface area contributed by atoms with Crippen LogP contribution in [0.1, 0.15) is 22.5 Å². The maximum absolute atomic E-state index is 13.4. The van der Waals surface area contributed by atoms with Crippen LogP contribution >= 0.6 is 0 Å². The molecule has 1 aromatic carbocycles. The highest BCUT2D eigenvalue weighted by molar-refractivity contribution is 5.44. The van der Waals surface area contributed by atoms with Crippen LogP contribution in [0.4, 0.5) is 13.2 Å². The Kier molecular flexibility index (Phi) is 3.85. The Balaban J connectivity index is 2.71. The summed E-state index contributed by atoms with van der Waals surface area (Å²) in [4.78, 5) is 0. The lowest BCUT2D eigenvalue weighted by atomic mass is 10.1. The third kappa shape index (κ3) is 2.56. The minimum Gasteiger partial charge on any atom is -0.330 e. The average Bonchev–Trinajstić information content (AvgIpc) is 2.67. The highest BCUT2D eigenvalue weighted by Gasteiger charge is 2.39. The van der Waals surface area contributed by atoms with Crippen LogP contribution in [0.2, 0.25) is 0 Å². The van der Waals surface area contributed by atoms with Gasteiger partial charge in [-0.05, 0) is 38.4 Å². The van der Waals surface area contributed by atoms with Crippen LogP contribution in [-0.2, 0) is 12.6 Å². The van der Waals surface area contributed by atoms with Crippen molar-refractivity contribution in [2.75, 3.05) is 6.54 Å². The maximum Gasteiger partial charge on any atom is 0.433 e. The molecule has 0 spiro atoms. The summed E-state index contributed by atoms with van der Waals surface area (Å²) in [7, 11) is 0. The lowest BCUT2D eigenvalue weighted by Crippen LogP contribution is -2.17. The first-order chi connectivity index (χ1) is 9.36. The molecule has 0 radical (unpaired) electrons. The number of benzene rings is 1. The van der Waals surface area contributed by atoms with E-state index in [9.17, 15) is 13.2 Å². The quantitative estimate of drug-likeness (QED) is 0.941. The summed E-state index contributed by atoms with van der Waals surface area (Å²) in [6.07, 6.45) is -4.30. The minimum absolute atomic E-state index is 0.156. The Morgan fingerprint density at radius 1 is 1.20 bits per heavy atom. The van der Waals surface area contributed by atoms with Crippen LogP contribution in [0.3, 0.4) is 0 Å². The molecule has 0 aliphatic heterocycles. The van der Waals surface area contributed by atoms with Crippen LogP contribution in [0.5, 0.6) is 0 Å². The number of alkyl halides is 3. The summed E-state index contributed by atoms with van der Waals surface area (Å²) in [5.74, 6) is 0. The van der Waals surface area contributed by atoms with Gasteiger partial charge in [0.15, 0.2) is 5.69 Å². The molecule has 0 saturated carbocycles. The Bertz CT molecular complexity index is 615. The number of rotatable bonds is 3. The molecule has 0 aliphatic carbocycles. The molecule has 0 saturated heterocycles. The van der Waals surface area contributed by atoms with Gasteiger partial charge in [0.25, 0.3) is 0 Å². The highest BCUT2D eigenvalue weighted by Crippen LogP contribution is 2.35. The second kappa shape index (κ2) is 5.28. The van der Waals surface area contributed by atoms with Crippen molar-refractivity contribution in [2.24, 2.45) is 5.73 Å². The monoisotopic (exact) mass is 283 g/mol. The average molecular weight is 283 g/mol. The molecule has 1 heterocycles. The minimum atomic E-state index is -4.46. The first-order valence-electron chi connectivity index (χ1n) is 6.28. The summed E-state index contributed by atoms with van der Waals surface area (Å²) in [5, 5.41) is 4.07. The van der Waals surface area contributed by atoms with Gasteiger partial charge in [-0.15, -0.1) is 0 Å². The summed E-state index contributed by atoms with van der Waals surface area (Å²) in [6.45, 7) is 3.49. The van der Waals surface area contributed by atoms with E-state index in [0.29, 0.717) is 11.4 Å². The van der Waals surface area contributed by atoms with E-state index in [2.05, 4.69) is 5.10 Å². The van der Waals surface area contributed by atoms with Crippen molar-refractivity contribution in [1.29, 1.82) is 0 Å². The van der Waals surface area contributed by atoms with Crippen molar-refractivity contribution in [2.45, 2.75) is 26.4 Å². The largest absolute Gasteiger partial charge is 0.433 e. The van der Waals surface area contributed by atoms with Gasteiger partial charge in [-0.25, -0.2) is 4.68 Å². The number of nitrogens with two attached hydrogens (primary N) is 1. The number of nitrogens with zero attached hydrogens (tertiary/aromatic N) is 2. The molecule has 0 fully saturated rings. The van der Waals surface area contributed by atoms with Crippen LogP contribution in [0.25, 0.3) is 5.69 Å². The molecule has 2 N–H and O–H groups in total. The van der Waals surface area contributed by atoms with Gasteiger partial charge < -0.3 is 5.73 Å². The molecule has 108 valence electrons. The molecule has 0 amide bonds. The van der Waals surface area contributed by atoms with Gasteiger partial charge in [0.2, 0.25) is 0 Å². The van der Waals surface area contributed by atoms with Crippen molar-refractivity contribution in [1.82, 2.24) is 9.78 Å². The van der Waals surface area contributed by atoms with Crippen LogP contribution in [-0.4, -0.2) is 16.3 Å². The Labute approximate surface area is 115 Å². The molecule has 3 nitrogen and oxygen atoms in total. The summed E-state index contributed by atoms with van der Waals surface area (Å²) in [6, 6.07) is 6.86. The number of aryl methyl sites for hydroxylation is 2. The molecule has 2 rings (SSSR count). The first kappa shape index (κ1) is 14.6. The molecule has 1 aromatic heterocycles. The van der Waals surface area contributed by atoms with Crippen molar-refractivity contribution < 1.29 is 13.2 Å². The smallest absolute Gasteiger partial charge is 0.330 e. The summed E-state index contributed by atoms with van der Waals surface area (Å²) < 4.78 is 41.1. The summed E-state index contributed by atoms with van der Waals surface area (Å²) >= 11 is 0. The third-order valence-corrected chi connectivity index (χ3v) is 3.19. The molecule has 0 atom stereocenters. The fourth-order valence-electron chi connectivity index (χ4n) is 2.27. The van der Waals surface area contributed by atoms with Crippen LogP contribution in [0.15, 0.2) is 24.3 Å². The van der Waals surface area contributed by atoms with Gasteiger partial charge in [-0.1, -0.05) is 18.2 Å². The lowest BCUT2D eigenvalue weighted by Gasteiger charge is -2.14. The molecule has 0 bridgehead atoms. The SMILES string of the molecule is Cc1ccccc1-n1nc(C)c(CCN)c1C(F)(F)F. The molecule has 20 heavy (non-hydrogen) atoms. The van der Waals surface area contributed by atoms with E-state index >= 15 is 0 Å². The predicted octanol–water partition coefficient (Wildman–Crippen LogP) is 3.01. The van der Waals surface area contributed by atoms with Gasteiger partial charge in [0.1, 0.15) is 0 Å². The Hall–Kier alpha value is -1.82. The zero-order valence-corrected chi connectivity index (χ0v) is 11.3. The number of hydrogen-bond donors (Lipinski definition) is 1. The van der Waals surface area contributed by atoms with Gasteiger partial charge in [0.05, 0.1) is 11.4 Å². The van der Waals surface area contributed by atoms with E-state index in [0.717, 1.165) is 10.2 Å². The fraction of sp³-hybridized carbons (Fsp3) is 0.357. The zero-order chi connectivity index (χ0) is 14.9. The number of hydrogen-bond acceptors (Lipinski definition) is 2. The normalized spacial score (nSPS) is 11.9. The van der Waals surface area contributed by atoms with E-state index in [1.165, 1.54) is 0 Å². The van der Waals surface area contributed by atoms with Crippen LogP contribution < -0.4 is 5.73 Å².